The van der Waals surface area contributed by atoms with Crippen LogP contribution in [0.3, 0.4) is 0 Å². The summed E-state index contributed by atoms with van der Waals surface area (Å²) in [6.07, 6.45) is 5.09. The zero-order valence-electron chi connectivity index (χ0n) is 25.3. The number of fused-ring (bicyclic) bond motifs is 2. The van der Waals surface area contributed by atoms with Gasteiger partial charge in [-0.1, -0.05) is 78.8 Å². The van der Waals surface area contributed by atoms with Crippen LogP contribution in [0.2, 0.25) is 0 Å². The lowest BCUT2D eigenvalue weighted by molar-refractivity contribution is -0.127. The van der Waals surface area contributed by atoms with Crippen molar-refractivity contribution in [2.24, 2.45) is 0 Å². The molecule has 2 aliphatic rings. The van der Waals surface area contributed by atoms with Crippen LogP contribution in [0.5, 0.6) is 11.5 Å². The van der Waals surface area contributed by atoms with Crippen LogP contribution in [-0.4, -0.2) is 39.6 Å². The van der Waals surface area contributed by atoms with Gasteiger partial charge in [0.25, 0.3) is 0 Å². The molecule has 0 saturated heterocycles. The minimum absolute atomic E-state index is 0.0396. The van der Waals surface area contributed by atoms with Crippen LogP contribution in [0.1, 0.15) is 54.8 Å². The smallest absolute Gasteiger partial charge is 0.249 e. The summed E-state index contributed by atoms with van der Waals surface area (Å²) in [6, 6.07) is 29.1. The number of para-hydroxylation sites is 1. The van der Waals surface area contributed by atoms with E-state index in [2.05, 4.69) is 27.5 Å². The lowest BCUT2D eigenvalue weighted by atomic mass is 9.94. The summed E-state index contributed by atoms with van der Waals surface area (Å²) in [5.41, 5.74) is 4.17. The first-order valence-corrected chi connectivity index (χ1v) is 15.6. The van der Waals surface area contributed by atoms with Crippen LogP contribution in [0.4, 0.5) is 5.69 Å². The first kappa shape index (κ1) is 29.1. The minimum atomic E-state index is -0.997. The number of benzene rings is 4. The Morgan fingerprint density at radius 1 is 0.848 bits per heavy atom. The minimum Gasteiger partial charge on any atom is -0.454 e. The second kappa shape index (κ2) is 13.2. The van der Waals surface area contributed by atoms with Gasteiger partial charge >= 0.3 is 0 Å². The predicted molar refractivity (Wildman–Crippen MR) is 174 cm³/mol. The molecule has 7 rings (SSSR count). The van der Waals surface area contributed by atoms with Gasteiger partial charge in [0.1, 0.15) is 18.1 Å². The third-order valence-electron chi connectivity index (χ3n) is 8.39. The number of carbonyl (C=O) groups excluding carboxylic acids is 2. The summed E-state index contributed by atoms with van der Waals surface area (Å²) >= 11 is 0. The average Bonchev–Trinajstić information content (AvgIpc) is 3.74. The summed E-state index contributed by atoms with van der Waals surface area (Å²) in [7, 11) is 0. The van der Waals surface area contributed by atoms with Gasteiger partial charge in [0.2, 0.25) is 18.6 Å². The molecule has 1 fully saturated rings. The molecule has 2 amide bonds. The van der Waals surface area contributed by atoms with Gasteiger partial charge in [0.05, 0.1) is 5.52 Å². The van der Waals surface area contributed by atoms with Crippen LogP contribution >= 0.6 is 0 Å². The Morgan fingerprint density at radius 2 is 1.61 bits per heavy atom. The molecule has 1 aliphatic heterocycles. The van der Waals surface area contributed by atoms with Crippen LogP contribution in [0.25, 0.3) is 11.0 Å². The third-order valence-corrected chi connectivity index (χ3v) is 8.39. The second-order valence-electron chi connectivity index (χ2n) is 11.5. The van der Waals surface area contributed by atoms with Crippen LogP contribution in [0, 0.1) is 11.8 Å². The molecule has 0 bridgehead atoms. The highest BCUT2D eigenvalue weighted by atomic mass is 16.7. The van der Waals surface area contributed by atoms with Crippen molar-refractivity contribution in [3.63, 3.8) is 0 Å². The molecule has 46 heavy (non-hydrogen) atoms. The molecule has 0 radical (unpaired) electrons. The molecular weight excluding hydrogens is 578 g/mol. The van der Waals surface area contributed by atoms with Gasteiger partial charge in [0, 0.05) is 28.9 Å². The molecule has 5 aromatic rings. The fourth-order valence-corrected chi connectivity index (χ4v) is 6.11. The molecule has 1 aromatic heterocycles. The third kappa shape index (κ3) is 6.28. The number of aromatic nitrogens is 3. The maximum absolute atomic E-state index is 14.5. The topological polar surface area (TPSA) is 98.6 Å². The Hall–Kier alpha value is -5.62. The molecule has 1 aliphatic carbocycles. The monoisotopic (exact) mass is 611 g/mol. The molecule has 2 heterocycles. The van der Waals surface area contributed by atoms with Crippen LogP contribution in [0.15, 0.2) is 97.1 Å². The van der Waals surface area contributed by atoms with E-state index >= 15 is 0 Å². The standard InChI is InChI=1S/C37H33N5O4/c43-35(24-41-32-17-8-7-16-31(32)39-40-41)42(30-20-21-33-34(23-30)46-25-45-33)36(37(44)38-29-14-5-2-6-15-29)28-13-9-12-27(22-28)19-18-26-10-3-1-4-11-26/h1,3-4,7-13,16-17,20-23,29,36H,2,5-6,14-15,24-25H2,(H,38,44). The summed E-state index contributed by atoms with van der Waals surface area (Å²) in [5.74, 6) is 6.94. The molecule has 1 saturated carbocycles. The molecule has 230 valence electrons. The summed E-state index contributed by atoms with van der Waals surface area (Å²) in [6.45, 7) is -0.0406. The van der Waals surface area contributed by atoms with Gasteiger partial charge in [0.15, 0.2) is 11.5 Å². The molecule has 1 atom stereocenters. The van der Waals surface area contributed by atoms with Crippen LogP contribution < -0.4 is 19.7 Å². The molecule has 1 N–H and O–H groups in total. The number of anilines is 1. The van der Waals surface area contributed by atoms with Crippen molar-refractivity contribution in [3.05, 3.63) is 114 Å². The number of amides is 2. The van der Waals surface area contributed by atoms with E-state index in [-0.39, 0.29) is 31.2 Å². The number of rotatable bonds is 7. The quantitative estimate of drug-likeness (QED) is 0.234. The van der Waals surface area contributed by atoms with Gasteiger partial charge in [-0.05, 0) is 66.9 Å². The van der Waals surface area contributed by atoms with Crippen molar-refractivity contribution in [3.8, 4) is 23.3 Å². The fourth-order valence-electron chi connectivity index (χ4n) is 6.11. The summed E-state index contributed by atoms with van der Waals surface area (Å²) in [5, 5.41) is 11.8. The van der Waals surface area contributed by atoms with Crippen molar-refractivity contribution in [2.75, 3.05) is 11.7 Å². The maximum atomic E-state index is 14.5. The number of nitrogens with zero attached hydrogens (tertiary/aromatic N) is 4. The Kier molecular flexibility index (Phi) is 8.33. The van der Waals surface area contributed by atoms with Crippen molar-refractivity contribution >= 4 is 28.5 Å². The highest BCUT2D eigenvalue weighted by molar-refractivity contribution is 6.02. The van der Waals surface area contributed by atoms with E-state index in [1.807, 2.05) is 78.9 Å². The van der Waals surface area contributed by atoms with Gasteiger partial charge in [-0.15, -0.1) is 5.10 Å². The number of hydrogen-bond donors (Lipinski definition) is 1. The molecule has 9 heteroatoms. The molecule has 9 nitrogen and oxygen atoms in total. The Labute approximate surface area is 267 Å². The molecule has 4 aromatic carbocycles. The number of nitrogens with one attached hydrogen (secondary N) is 1. The Bertz CT molecular complexity index is 1940. The predicted octanol–water partition coefficient (Wildman–Crippen LogP) is 5.78. The van der Waals surface area contributed by atoms with E-state index in [0.717, 1.165) is 48.7 Å². The lowest BCUT2D eigenvalue weighted by Gasteiger charge is -2.33. The molecule has 0 spiro atoms. The normalized spacial score (nSPS) is 14.7. The van der Waals surface area contributed by atoms with Crippen molar-refractivity contribution < 1.29 is 19.1 Å². The average molecular weight is 612 g/mol. The van der Waals surface area contributed by atoms with E-state index in [9.17, 15) is 9.59 Å². The largest absolute Gasteiger partial charge is 0.454 e. The van der Waals surface area contributed by atoms with Crippen molar-refractivity contribution in [1.82, 2.24) is 20.3 Å². The Balaban J connectivity index is 1.31. The zero-order chi connectivity index (χ0) is 31.3. The highest BCUT2D eigenvalue weighted by Crippen LogP contribution is 2.38. The first-order valence-electron chi connectivity index (χ1n) is 15.6. The molecular formula is C37H33N5O4. The zero-order valence-corrected chi connectivity index (χ0v) is 25.3. The van der Waals surface area contributed by atoms with Gasteiger partial charge in [-0.3, -0.25) is 14.5 Å². The van der Waals surface area contributed by atoms with Gasteiger partial charge in [-0.2, -0.15) is 0 Å². The Morgan fingerprint density at radius 3 is 2.48 bits per heavy atom. The number of carbonyl (C=O) groups is 2. The second-order valence-corrected chi connectivity index (χ2v) is 11.5. The van der Waals surface area contributed by atoms with Crippen LogP contribution in [-0.2, 0) is 16.1 Å². The van der Waals surface area contributed by atoms with Gasteiger partial charge in [-0.25, -0.2) is 4.68 Å². The number of ether oxygens (including phenoxy) is 2. The maximum Gasteiger partial charge on any atom is 0.249 e. The molecule has 1 unspecified atom stereocenters. The van der Waals surface area contributed by atoms with E-state index in [0.29, 0.717) is 28.3 Å². The fraction of sp³-hybridized carbons (Fsp3) is 0.243. The summed E-state index contributed by atoms with van der Waals surface area (Å²) in [4.78, 5) is 30.5. The SMILES string of the molecule is O=C(NC1CCCCC1)C(c1cccc(C#Cc2ccccc2)c1)N(C(=O)Cn1nnc2ccccc21)c1ccc2c(c1)OCO2. The van der Waals surface area contributed by atoms with E-state index < -0.39 is 6.04 Å². The lowest BCUT2D eigenvalue weighted by Crippen LogP contribution is -2.48. The van der Waals surface area contributed by atoms with E-state index in [1.54, 1.807) is 27.8 Å². The highest BCUT2D eigenvalue weighted by Gasteiger charge is 2.35. The first-order chi connectivity index (χ1) is 22.6. The van der Waals surface area contributed by atoms with Crippen molar-refractivity contribution in [2.45, 2.75) is 50.7 Å². The number of hydrogen-bond acceptors (Lipinski definition) is 6. The van der Waals surface area contributed by atoms with E-state index in [1.165, 1.54) is 0 Å². The van der Waals surface area contributed by atoms with E-state index in [4.69, 9.17) is 9.47 Å². The van der Waals surface area contributed by atoms with Crippen molar-refractivity contribution in [1.29, 1.82) is 0 Å². The summed E-state index contributed by atoms with van der Waals surface area (Å²) < 4.78 is 12.8. The van der Waals surface area contributed by atoms with Gasteiger partial charge < -0.3 is 14.8 Å².